The first-order valence-electron chi connectivity index (χ1n) is 10.3. The van der Waals surface area contributed by atoms with Gasteiger partial charge >= 0.3 is 0 Å². The molecule has 2 aliphatic rings. The molecule has 0 spiro atoms. The largest absolute Gasteiger partial charge is 0.497 e. The van der Waals surface area contributed by atoms with Gasteiger partial charge in [0.25, 0.3) is 5.91 Å². The predicted octanol–water partition coefficient (Wildman–Crippen LogP) is 2.72. The number of methoxy groups -OCH3 is 1. The molecule has 0 aliphatic carbocycles. The Hall–Kier alpha value is -2.15. The van der Waals surface area contributed by atoms with Gasteiger partial charge in [-0.05, 0) is 64.5 Å². The Labute approximate surface area is 172 Å². The van der Waals surface area contributed by atoms with E-state index in [9.17, 15) is 14.0 Å². The number of benzene rings is 1. The van der Waals surface area contributed by atoms with Crippen LogP contribution in [0.1, 0.15) is 56.8 Å². The molecule has 2 amide bonds. The summed E-state index contributed by atoms with van der Waals surface area (Å²) in [5.41, 5.74) is 0.0410. The number of carbonyl (C=O) groups excluding carboxylic acids is 2. The maximum atomic E-state index is 13.6. The molecule has 2 fully saturated rings. The Morgan fingerprint density at radius 3 is 2.41 bits per heavy atom. The quantitative estimate of drug-likeness (QED) is 0.764. The molecular formula is C22H32FN3O3. The van der Waals surface area contributed by atoms with Crippen molar-refractivity contribution in [1.82, 2.24) is 15.5 Å². The zero-order chi connectivity index (χ0) is 21.2. The molecule has 3 rings (SSSR count). The first kappa shape index (κ1) is 21.6. The highest BCUT2D eigenvalue weighted by Crippen LogP contribution is 2.38. The van der Waals surface area contributed by atoms with Gasteiger partial charge in [0, 0.05) is 35.8 Å². The number of rotatable bonds is 6. The van der Waals surface area contributed by atoms with Crippen LogP contribution >= 0.6 is 0 Å². The molecule has 2 saturated heterocycles. The number of carbonyl (C=O) groups is 2. The Kier molecular flexibility index (Phi) is 6.46. The predicted molar refractivity (Wildman–Crippen MR) is 109 cm³/mol. The molecule has 0 radical (unpaired) electrons. The van der Waals surface area contributed by atoms with E-state index in [2.05, 4.69) is 15.5 Å². The lowest BCUT2D eigenvalue weighted by Crippen LogP contribution is -2.52. The topological polar surface area (TPSA) is 70.7 Å². The van der Waals surface area contributed by atoms with Crippen molar-refractivity contribution in [3.63, 3.8) is 0 Å². The van der Waals surface area contributed by atoms with Crippen LogP contribution < -0.4 is 15.4 Å². The molecule has 6 nitrogen and oxygen atoms in total. The number of amides is 2. The molecule has 2 heterocycles. The van der Waals surface area contributed by atoms with Gasteiger partial charge in [0.2, 0.25) is 5.91 Å². The Balaban J connectivity index is 1.52. The van der Waals surface area contributed by atoms with Crippen molar-refractivity contribution in [2.45, 2.75) is 64.1 Å². The maximum absolute atomic E-state index is 13.6. The zero-order valence-corrected chi connectivity index (χ0v) is 17.8. The molecule has 0 aromatic heterocycles. The second kappa shape index (κ2) is 8.69. The highest BCUT2D eigenvalue weighted by atomic mass is 19.1. The summed E-state index contributed by atoms with van der Waals surface area (Å²) in [6.45, 7) is 6.97. The van der Waals surface area contributed by atoms with Gasteiger partial charge in [-0.3, -0.25) is 14.5 Å². The van der Waals surface area contributed by atoms with E-state index in [0.29, 0.717) is 36.8 Å². The molecule has 1 aromatic rings. The maximum Gasteiger partial charge on any atom is 0.251 e. The molecule has 29 heavy (non-hydrogen) atoms. The number of fused-ring (bicyclic) bond motifs is 2. The number of nitrogens with zero attached hydrogens (tertiary/aromatic N) is 1. The van der Waals surface area contributed by atoms with Crippen molar-refractivity contribution in [2.75, 3.05) is 20.2 Å². The molecule has 1 aromatic carbocycles. The highest BCUT2D eigenvalue weighted by molar-refractivity contribution is 5.94. The third kappa shape index (κ3) is 5.69. The van der Waals surface area contributed by atoms with Crippen molar-refractivity contribution >= 4 is 11.8 Å². The molecule has 0 saturated carbocycles. The molecule has 2 atom stereocenters. The van der Waals surface area contributed by atoms with Crippen LogP contribution in [0.5, 0.6) is 5.75 Å². The van der Waals surface area contributed by atoms with Gasteiger partial charge in [-0.1, -0.05) is 0 Å². The lowest BCUT2D eigenvalue weighted by Gasteiger charge is -2.39. The van der Waals surface area contributed by atoms with Crippen molar-refractivity contribution in [3.8, 4) is 5.75 Å². The van der Waals surface area contributed by atoms with Gasteiger partial charge in [0.15, 0.2) is 0 Å². The standard InChI is InChI=1S/C22H32FN3O3/c1-22(2,3)25-20(27)13-26-17-5-6-18(26)8-14(7-17)12-24-21(28)15-9-16(23)11-19(10-15)29-4/h9-11,14,17-18H,5-8,12-13H2,1-4H3,(H,24,28)(H,25,27). The van der Waals surface area contributed by atoms with Crippen LogP contribution in [0.2, 0.25) is 0 Å². The van der Waals surface area contributed by atoms with Crippen LogP contribution in [-0.2, 0) is 4.79 Å². The molecule has 2 bridgehead atoms. The first-order chi connectivity index (χ1) is 13.6. The van der Waals surface area contributed by atoms with Crippen LogP contribution in [0.25, 0.3) is 0 Å². The summed E-state index contributed by atoms with van der Waals surface area (Å²) in [6.07, 6.45) is 4.12. The Morgan fingerprint density at radius 2 is 1.83 bits per heavy atom. The van der Waals surface area contributed by atoms with E-state index < -0.39 is 5.82 Å². The van der Waals surface area contributed by atoms with Crippen molar-refractivity contribution in [1.29, 1.82) is 0 Å². The number of hydrogen-bond donors (Lipinski definition) is 2. The smallest absolute Gasteiger partial charge is 0.251 e. The Morgan fingerprint density at radius 1 is 1.17 bits per heavy atom. The third-order valence-corrected chi connectivity index (χ3v) is 5.74. The van der Waals surface area contributed by atoms with Gasteiger partial charge < -0.3 is 15.4 Å². The number of hydrogen-bond acceptors (Lipinski definition) is 4. The fourth-order valence-electron chi connectivity index (χ4n) is 4.59. The summed E-state index contributed by atoms with van der Waals surface area (Å²) in [5, 5.41) is 5.98. The van der Waals surface area contributed by atoms with E-state index in [-0.39, 0.29) is 22.9 Å². The lowest BCUT2D eigenvalue weighted by atomic mass is 9.90. The van der Waals surface area contributed by atoms with E-state index in [1.165, 1.54) is 19.2 Å². The zero-order valence-electron chi connectivity index (χ0n) is 17.8. The summed E-state index contributed by atoms with van der Waals surface area (Å²) in [5.74, 6) is -0.0124. The first-order valence-corrected chi connectivity index (χ1v) is 10.3. The average molecular weight is 406 g/mol. The summed E-state index contributed by atoms with van der Waals surface area (Å²) >= 11 is 0. The molecule has 2 unspecified atom stereocenters. The second-order valence-electron chi connectivity index (χ2n) is 9.28. The second-order valence-corrected chi connectivity index (χ2v) is 9.28. The van der Waals surface area contributed by atoms with Crippen LogP contribution in [0.15, 0.2) is 18.2 Å². The monoisotopic (exact) mass is 405 g/mol. The number of nitrogens with one attached hydrogen (secondary N) is 2. The molecule has 7 heteroatoms. The van der Waals surface area contributed by atoms with E-state index in [4.69, 9.17) is 4.74 Å². The van der Waals surface area contributed by atoms with Crippen molar-refractivity contribution < 1.29 is 18.7 Å². The SMILES string of the molecule is COc1cc(F)cc(C(=O)NCC2CC3CCC(C2)N3CC(=O)NC(C)(C)C)c1. The minimum atomic E-state index is -0.491. The van der Waals surface area contributed by atoms with Crippen molar-refractivity contribution in [2.24, 2.45) is 5.92 Å². The van der Waals surface area contributed by atoms with E-state index in [1.54, 1.807) is 6.07 Å². The minimum absolute atomic E-state index is 0.0706. The molecule has 2 aliphatic heterocycles. The fourth-order valence-corrected chi connectivity index (χ4v) is 4.59. The summed E-state index contributed by atoms with van der Waals surface area (Å²) < 4.78 is 18.7. The van der Waals surface area contributed by atoms with Gasteiger partial charge in [0.1, 0.15) is 11.6 Å². The number of halogens is 1. The van der Waals surface area contributed by atoms with Gasteiger partial charge in [-0.15, -0.1) is 0 Å². The van der Waals surface area contributed by atoms with Gasteiger partial charge in [-0.2, -0.15) is 0 Å². The minimum Gasteiger partial charge on any atom is -0.497 e. The lowest BCUT2D eigenvalue weighted by molar-refractivity contribution is -0.125. The Bertz CT molecular complexity index is 748. The van der Waals surface area contributed by atoms with E-state index >= 15 is 0 Å². The van der Waals surface area contributed by atoms with Gasteiger partial charge in [-0.25, -0.2) is 4.39 Å². The summed E-state index contributed by atoms with van der Waals surface area (Å²) in [6, 6.07) is 4.78. The normalized spacial score (nSPS) is 24.2. The van der Waals surface area contributed by atoms with Gasteiger partial charge in [0.05, 0.1) is 13.7 Å². The number of ether oxygens (including phenoxy) is 1. The molecular weight excluding hydrogens is 373 g/mol. The third-order valence-electron chi connectivity index (χ3n) is 5.74. The van der Waals surface area contributed by atoms with E-state index in [1.807, 2.05) is 20.8 Å². The highest BCUT2D eigenvalue weighted by Gasteiger charge is 2.41. The van der Waals surface area contributed by atoms with Crippen LogP contribution in [0.4, 0.5) is 4.39 Å². The summed E-state index contributed by atoms with van der Waals surface area (Å²) in [7, 11) is 1.45. The van der Waals surface area contributed by atoms with Crippen LogP contribution in [0, 0.1) is 11.7 Å². The molecule has 2 N–H and O–H groups in total. The number of piperidine rings is 1. The van der Waals surface area contributed by atoms with Crippen molar-refractivity contribution in [3.05, 3.63) is 29.6 Å². The summed E-state index contributed by atoms with van der Waals surface area (Å²) in [4.78, 5) is 27.1. The van der Waals surface area contributed by atoms with Crippen LogP contribution in [-0.4, -0.2) is 54.5 Å². The average Bonchev–Trinajstić information content (AvgIpc) is 2.86. The fraction of sp³-hybridized carbons (Fsp3) is 0.636. The van der Waals surface area contributed by atoms with E-state index in [0.717, 1.165) is 25.7 Å². The van der Waals surface area contributed by atoms with Crippen LogP contribution in [0.3, 0.4) is 0 Å². The molecule has 160 valence electrons.